The smallest absolute Gasteiger partial charge is 0.279 e. The monoisotopic (exact) mass is 645 g/mol. The van der Waals surface area contributed by atoms with Gasteiger partial charge in [0.2, 0.25) is 0 Å². The van der Waals surface area contributed by atoms with Gasteiger partial charge in [0.25, 0.3) is 0 Å². The summed E-state index contributed by atoms with van der Waals surface area (Å²) in [4.78, 5) is 0. The number of hydrogen-bond donors (Lipinski definition) is 1. The van der Waals surface area contributed by atoms with Gasteiger partial charge < -0.3 is 0 Å². The zero-order valence-corrected chi connectivity index (χ0v) is 21.6. The van der Waals surface area contributed by atoms with Crippen molar-refractivity contribution in [1.29, 1.82) is 0 Å². The molecule has 9 heteroatoms. The molecule has 30 heavy (non-hydrogen) atoms. The van der Waals surface area contributed by atoms with Gasteiger partial charge in [0.05, 0.1) is 0 Å². The van der Waals surface area contributed by atoms with Crippen molar-refractivity contribution in [3.8, 4) is 11.1 Å². The van der Waals surface area contributed by atoms with E-state index < -0.39 is 15.6 Å². The molecule has 0 bridgehead atoms. The first-order valence-electron chi connectivity index (χ1n) is 8.95. The van der Waals surface area contributed by atoms with Crippen LogP contribution in [0.1, 0.15) is 41.5 Å². The Bertz CT molecular complexity index is 890. The number of halogens is 3. The molecule has 2 aromatic rings. The molecule has 0 saturated carbocycles. The summed E-state index contributed by atoms with van der Waals surface area (Å²) in [6, 6.07) is 19.7. The Morgan fingerprint density at radius 2 is 1.13 bits per heavy atom. The van der Waals surface area contributed by atoms with E-state index in [-0.39, 0.29) is 30.3 Å². The van der Waals surface area contributed by atoms with Gasteiger partial charge in [0.1, 0.15) is 0 Å². The Labute approximate surface area is 194 Å². The molecular weight excluding hydrogens is 617 g/mol. The van der Waals surface area contributed by atoms with Gasteiger partial charge in [-0.1, -0.05) is 104 Å². The van der Waals surface area contributed by atoms with Gasteiger partial charge in [-0.25, -0.2) is 0 Å². The molecule has 0 saturated heterocycles. The second kappa shape index (κ2) is 10.8. The molecule has 3 nitrogen and oxygen atoms in total. The zero-order valence-electron chi connectivity index (χ0n) is 17.8. The van der Waals surface area contributed by atoms with Crippen LogP contribution in [-0.4, -0.2) is 28.8 Å². The molecule has 0 aliphatic rings. The van der Waals surface area contributed by atoms with Crippen molar-refractivity contribution in [2.45, 2.75) is 57.4 Å². The van der Waals surface area contributed by atoms with E-state index in [1.807, 2.05) is 0 Å². The predicted molar refractivity (Wildman–Crippen MR) is 116 cm³/mol. The van der Waals surface area contributed by atoms with Crippen LogP contribution >= 0.6 is 7.92 Å². The maximum atomic E-state index is 10.7. The Kier molecular flexibility index (Phi) is 10.5. The van der Waals surface area contributed by atoms with Gasteiger partial charge in [0, 0.05) is 22.4 Å². The van der Waals surface area contributed by atoms with Crippen LogP contribution in [0.3, 0.4) is 0 Å². The summed E-state index contributed by atoms with van der Waals surface area (Å²) >= 11 is 0. The summed E-state index contributed by atoms with van der Waals surface area (Å²) in [7, 11) is -6.12. The molecule has 0 unspecified atom stereocenters. The van der Waals surface area contributed by atoms with Crippen LogP contribution in [-0.2, 0) is 32.5 Å². The number of alkyl halides is 3. The van der Waals surface area contributed by atoms with E-state index in [4.69, 9.17) is 13.0 Å². The van der Waals surface area contributed by atoms with Gasteiger partial charge in [-0.15, -0.1) is 0 Å². The van der Waals surface area contributed by atoms with E-state index in [0.29, 0.717) is 10.3 Å². The first-order valence-corrected chi connectivity index (χ1v) is 11.7. The van der Waals surface area contributed by atoms with Crippen molar-refractivity contribution in [3.05, 3.63) is 54.6 Å². The first kappa shape index (κ1) is 29.3. The van der Waals surface area contributed by atoms with Crippen LogP contribution in [0.5, 0.6) is 0 Å². The second-order valence-electron chi connectivity index (χ2n) is 8.48. The zero-order chi connectivity index (χ0) is 22.7. The average molecular weight is 645 g/mol. The molecule has 0 heterocycles. The molecule has 2 rings (SSSR count). The molecule has 173 valence electrons. The Morgan fingerprint density at radius 1 is 0.767 bits per heavy atom. The van der Waals surface area contributed by atoms with E-state index in [9.17, 15) is 13.2 Å². The first-order chi connectivity index (χ1) is 13.0. The summed E-state index contributed by atoms with van der Waals surface area (Å²) in [5.41, 5.74) is -2.81. The van der Waals surface area contributed by atoms with Crippen LogP contribution in [0.15, 0.2) is 54.6 Å². The normalized spacial score (nSPS) is 12.6. The fourth-order valence-corrected chi connectivity index (χ4v) is 7.40. The van der Waals surface area contributed by atoms with E-state index in [1.165, 1.54) is 16.4 Å². The standard InChI is InChI=1S/C20H27P.CHF3O3S.Au/c1-19(2,3)21(20(4,5)6)18-15-11-10-14-17(18)16-12-8-7-9-13-16;2-1(3,4)8(5,6)7;/h7-15H,1-6H3;(H,5,6,7);. The van der Waals surface area contributed by atoms with Crippen LogP contribution in [0.4, 0.5) is 13.2 Å². The number of benzene rings is 2. The SMILES string of the molecule is CC(C)(C)P(c1ccccc1-c1ccccc1)C(C)(C)C.O=S(=O)(O)C(F)(F)F.[Au]. The van der Waals surface area contributed by atoms with E-state index in [2.05, 4.69) is 96.1 Å². The molecule has 1 radical (unpaired) electrons. The molecular formula is C21H28AuF3O3PS. The fourth-order valence-electron chi connectivity index (χ4n) is 3.26. The van der Waals surface area contributed by atoms with E-state index >= 15 is 0 Å². The van der Waals surface area contributed by atoms with Gasteiger partial charge in [-0.05, 0) is 26.7 Å². The maximum Gasteiger partial charge on any atom is 0.522 e. The fraction of sp³-hybridized carbons (Fsp3) is 0.429. The minimum absolute atomic E-state index is 0. The van der Waals surface area contributed by atoms with E-state index in [1.54, 1.807) is 0 Å². The second-order valence-corrected chi connectivity index (χ2v) is 13.7. The van der Waals surface area contributed by atoms with Crippen LogP contribution in [0, 0.1) is 0 Å². The van der Waals surface area contributed by atoms with Gasteiger partial charge in [-0.2, -0.15) is 21.6 Å². The number of hydrogen-bond acceptors (Lipinski definition) is 2. The molecule has 0 fully saturated rings. The Hall–Kier alpha value is -0.690. The third-order valence-electron chi connectivity index (χ3n) is 3.86. The van der Waals surface area contributed by atoms with Crippen molar-refractivity contribution in [2.24, 2.45) is 0 Å². The van der Waals surface area contributed by atoms with Crippen LogP contribution < -0.4 is 5.30 Å². The van der Waals surface area contributed by atoms with Crippen LogP contribution in [0.25, 0.3) is 11.1 Å². The van der Waals surface area contributed by atoms with E-state index in [0.717, 1.165) is 0 Å². The van der Waals surface area contributed by atoms with Gasteiger partial charge >= 0.3 is 15.6 Å². The van der Waals surface area contributed by atoms with Gasteiger partial charge in [-0.3, -0.25) is 4.55 Å². The summed E-state index contributed by atoms with van der Waals surface area (Å²) < 4.78 is 57.5. The summed E-state index contributed by atoms with van der Waals surface area (Å²) in [5.74, 6) is 0. The van der Waals surface area contributed by atoms with Crippen molar-refractivity contribution < 1.29 is 48.5 Å². The molecule has 0 spiro atoms. The average Bonchev–Trinajstić information content (AvgIpc) is 2.52. The minimum atomic E-state index is -5.84. The van der Waals surface area contributed by atoms with Crippen LogP contribution in [0.2, 0.25) is 0 Å². The molecule has 0 aliphatic carbocycles. The Balaban J connectivity index is 0.000000801. The maximum absolute atomic E-state index is 10.7. The molecule has 0 aromatic heterocycles. The molecule has 0 amide bonds. The van der Waals surface area contributed by atoms with Gasteiger partial charge in [0.15, 0.2) is 0 Å². The van der Waals surface area contributed by atoms with Crippen molar-refractivity contribution in [1.82, 2.24) is 0 Å². The largest absolute Gasteiger partial charge is 0.522 e. The molecule has 0 atom stereocenters. The summed E-state index contributed by atoms with van der Waals surface area (Å²) in [6.45, 7) is 14.3. The summed E-state index contributed by atoms with van der Waals surface area (Å²) in [5, 5.41) is 2.11. The summed E-state index contributed by atoms with van der Waals surface area (Å²) in [6.07, 6.45) is 0. The van der Waals surface area contributed by atoms with Crippen molar-refractivity contribution in [2.75, 3.05) is 0 Å². The third-order valence-corrected chi connectivity index (χ3v) is 8.00. The molecule has 1 N–H and O–H groups in total. The molecule has 0 aliphatic heterocycles. The minimum Gasteiger partial charge on any atom is -0.279 e. The quantitative estimate of drug-likeness (QED) is 0.177. The van der Waals surface area contributed by atoms with Crippen molar-refractivity contribution in [3.63, 3.8) is 0 Å². The number of rotatable bonds is 2. The third kappa shape index (κ3) is 8.45. The Morgan fingerprint density at radius 3 is 1.50 bits per heavy atom. The van der Waals surface area contributed by atoms with Crippen molar-refractivity contribution >= 4 is 23.3 Å². The predicted octanol–water partition coefficient (Wildman–Crippen LogP) is 6.45. The molecule has 2 aromatic carbocycles. The topological polar surface area (TPSA) is 54.4 Å².